The number of anilines is 1. The van der Waals surface area contributed by atoms with Gasteiger partial charge in [-0.15, -0.1) is 0 Å². The molecule has 4 heterocycles. The average molecular weight is 545 g/mol. The van der Waals surface area contributed by atoms with E-state index in [0.29, 0.717) is 34.8 Å². The standard InChI is InChI=1S/C30H30ClFN6O/c1-4-23-18-38(30(19-6-8-20(31)9-7-19)25-12-10-21(32)16-34-25)24(5-2)17-37(23)27-14-28(39)36(3)26-13-11-22(15-33)35-29(26)27/h6-14,16,23-24,30H,4-5,17-18H2,1-3H3/t23-,24+,30?/m0/s1. The third-order valence-corrected chi connectivity index (χ3v) is 7.97. The Morgan fingerprint density at radius 1 is 1.08 bits per heavy atom. The SMILES string of the molecule is CC[C@H]1CN(C(c2ccc(Cl)cc2)c2ccc(F)cn2)[C@H](CC)CN1c1cc(=O)n(C)c2ccc(C#N)nc12. The molecule has 0 amide bonds. The largest absolute Gasteiger partial charge is 0.364 e. The van der Waals surface area contributed by atoms with Crippen molar-refractivity contribution in [3.05, 3.63) is 98.9 Å². The number of rotatable bonds is 6. The topological polar surface area (TPSA) is 78.0 Å². The molecular weight excluding hydrogens is 515 g/mol. The third-order valence-electron chi connectivity index (χ3n) is 7.72. The molecule has 0 spiro atoms. The molecule has 1 unspecified atom stereocenters. The Labute approximate surface area is 232 Å². The number of fused-ring (bicyclic) bond motifs is 1. The van der Waals surface area contributed by atoms with Crippen LogP contribution in [0.1, 0.15) is 49.7 Å². The number of piperazine rings is 1. The van der Waals surface area contributed by atoms with E-state index in [9.17, 15) is 14.4 Å². The summed E-state index contributed by atoms with van der Waals surface area (Å²) in [7, 11) is 1.72. The van der Waals surface area contributed by atoms with E-state index in [2.05, 4.69) is 39.7 Å². The van der Waals surface area contributed by atoms with Crippen molar-refractivity contribution in [1.29, 1.82) is 5.26 Å². The van der Waals surface area contributed by atoms with E-state index < -0.39 is 0 Å². The monoisotopic (exact) mass is 544 g/mol. The Balaban J connectivity index is 1.61. The van der Waals surface area contributed by atoms with Crippen molar-refractivity contribution in [3.63, 3.8) is 0 Å². The first kappa shape index (κ1) is 26.8. The van der Waals surface area contributed by atoms with Gasteiger partial charge in [0, 0.05) is 43.3 Å². The number of hydrogen-bond donors (Lipinski definition) is 0. The highest BCUT2D eigenvalue weighted by Crippen LogP contribution is 2.37. The maximum Gasteiger partial charge on any atom is 0.252 e. The van der Waals surface area contributed by atoms with Crippen LogP contribution in [-0.4, -0.2) is 44.6 Å². The molecule has 3 atom stereocenters. The summed E-state index contributed by atoms with van der Waals surface area (Å²) in [5.74, 6) is -0.376. The summed E-state index contributed by atoms with van der Waals surface area (Å²) in [6, 6.07) is 18.1. The Morgan fingerprint density at radius 2 is 1.82 bits per heavy atom. The normalized spacial score (nSPS) is 18.7. The molecule has 39 heavy (non-hydrogen) atoms. The van der Waals surface area contributed by atoms with Crippen LogP contribution in [-0.2, 0) is 7.05 Å². The van der Waals surface area contributed by atoms with Crippen molar-refractivity contribution in [1.82, 2.24) is 19.4 Å². The van der Waals surface area contributed by atoms with E-state index in [1.807, 2.05) is 24.3 Å². The van der Waals surface area contributed by atoms with Gasteiger partial charge in [0.2, 0.25) is 0 Å². The van der Waals surface area contributed by atoms with Gasteiger partial charge >= 0.3 is 0 Å². The van der Waals surface area contributed by atoms with E-state index in [0.717, 1.165) is 29.8 Å². The van der Waals surface area contributed by atoms with Gasteiger partial charge in [-0.25, -0.2) is 9.37 Å². The lowest BCUT2D eigenvalue weighted by Crippen LogP contribution is -2.59. The van der Waals surface area contributed by atoms with Gasteiger partial charge < -0.3 is 9.47 Å². The lowest BCUT2D eigenvalue weighted by molar-refractivity contribution is 0.109. The quantitative estimate of drug-likeness (QED) is 0.321. The number of hydrogen-bond acceptors (Lipinski definition) is 6. The zero-order chi connectivity index (χ0) is 27.7. The molecule has 0 bridgehead atoms. The molecule has 0 N–H and O–H groups in total. The van der Waals surface area contributed by atoms with E-state index in [1.54, 1.807) is 35.9 Å². The lowest BCUT2D eigenvalue weighted by atomic mass is 9.93. The van der Waals surface area contributed by atoms with Gasteiger partial charge in [-0.1, -0.05) is 37.6 Å². The summed E-state index contributed by atoms with van der Waals surface area (Å²) in [6.45, 7) is 5.62. The molecule has 3 aromatic heterocycles. The van der Waals surface area contributed by atoms with Crippen molar-refractivity contribution in [3.8, 4) is 6.07 Å². The van der Waals surface area contributed by atoms with Crippen LogP contribution in [0.4, 0.5) is 10.1 Å². The fraction of sp³-hybridized carbons (Fsp3) is 0.333. The molecule has 0 radical (unpaired) electrons. The second-order valence-corrected chi connectivity index (χ2v) is 10.4. The highest BCUT2D eigenvalue weighted by atomic mass is 35.5. The highest BCUT2D eigenvalue weighted by Gasteiger charge is 2.38. The zero-order valence-corrected chi connectivity index (χ0v) is 22.9. The summed E-state index contributed by atoms with van der Waals surface area (Å²) in [5, 5.41) is 10.2. The fourth-order valence-electron chi connectivity index (χ4n) is 5.62. The Hall–Kier alpha value is -3.80. The predicted octanol–water partition coefficient (Wildman–Crippen LogP) is 5.46. The maximum atomic E-state index is 13.8. The first-order valence-electron chi connectivity index (χ1n) is 13.1. The third kappa shape index (κ3) is 5.12. The minimum Gasteiger partial charge on any atom is -0.364 e. The molecule has 1 aliphatic heterocycles. The van der Waals surface area contributed by atoms with Crippen molar-refractivity contribution >= 4 is 28.3 Å². The van der Waals surface area contributed by atoms with Gasteiger partial charge in [0.05, 0.1) is 29.1 Å². The molecule has 1 aromatic carbocycles. The zero-order valence-electron chi connectivity index (χ0n) is 22.2. The van der Waals surface area contributed by atoms with Gasteiger partial charge in [0.15, 0.2) is 0 Å². The molecule has 1 fully saturated rings. The highest BCUT2D eigenvalue weighted by molar-refractivity contribution is 6.30. The second kappa shape index (κ2) is 11.1. The molecule has 1 saturated heterocycles. The summed E-state index contributed by atoms with van der Waals surface area (Å²) in [6.07, 6.45) is 2.93. The van der Waals surface area contributed by atoms with Crippen LogP contribution in [0.15, 0.2) is 65.6 Å². The molecule has 9 heteroatoms. The van der Waals surface area contributed by atoms with Crippen molar-refractivity contribution in [2.45, 2.75) is 44.8 Å². The van der Waals surface area contributed by atoms with Crippen molar-refractivity contribution < 1.29 is 4.39 Å². The number of aryl methyl sites for hydroxylation is 1. The number of nitrogens with zero attached hydrogens (tertiary/aromatic N) is 6. The molecule has 0 saturated carbocycles. The summed E-state index contributed by atoms with van der Waals surface area (Å²) in [5.41, 5.74) is 4.07. The number of pyridine rings is 3. The number of halogens is 2. The van der Waals surface area contributed by atoms with Gasteiger partial charge in [-0.3, -0.25) is 14.7 Å². The molecule has 200 valence electrons. The van der Waals surface area contributed by atoms with Gasteiger partial charge in [-0.2, -0.15) is 5.26 Å². The van der Waals surface area contributed by atoms with E-state index >= 15 is 0 Å². The van der Waals surface area contributed by atoms with Crippen LogP contribution in [0.2, 0.25) is 5.02 Å². The van der Waals surface area contributed by atoms with E-state index in [1.165, 1.54) is 12.3 Å². The molecule has 4 aromatic rings. The van der Waals surface area contributed by atoms with Gasteiger partial charge in [0.1, 0.15) is 23.1 Å². The first-order chi connectivity index (χ1) is 18.8. The maximum absolute atomic E-state index is 13.8. The first-order valence-corrected chi connectivity index (χ1v) is 13.5. The average Bonchev–Trinajstić information content (AvgIpc) is 2.96. The molecule has 7 nitrogen and oxygen atoms in total. The number of aromatic nitrogens is 3. The van der Waals surface area contributed by atoms with Crippen LogP contribution in [0.5, 0.6) is 0 Å². The van der Waals surface area contributed by atoms with Crippen LogP contribution in [0, 0.1) is 17.1 Å². The molecule has 0 aliphatic carbocycles. The van der Waals surface area contributed by atoms with Crippen molar-refractivity contribution in [2.24, 2.45) is 7.05 Å². The minimum absolute atomic E-state index is 0.0610. The van der Waals surface area contributed by atoms with Crippen LogP contribution in [0.25, 0.3) is 11.0 Å². The second-order valence-electron chi connectivity index (χ2n) is 9.93. The van der Waals surface area contributed by atoms with Crippen LogP contribution in [0.3, 0.4) is 0 Å². The Morgan fingerprint density at radius 3 is 2.46 bits per heavy atom. The summed E-state index contributed by atoms with van der Waals surface area (Å²) < 4.78 is 15.4. The summed E-state index contributed by atoms with van der Waals surface area (Å²) >= 11 is 6.21. The van der Waals surface area contributed by atoms with Crippen LogP contribution < -0.4 is 10.5 Å². The smallest absolute Gasteiger partial charge is 0.252 e. The minimum atomic E-state index is -0.376. The number of nitriles is 1. The van der Waals surface area contributed by atoms with Gasteiger partial charge in [-0.05, 0) is 54.8 Å². The van der Waals surface area contributed by atoms with Crippen LogP contribution >= 0.6 is 11.6 Å². The van der Waals surface area contributed by atoms with Gasteiger partial charge in [0.25, 0.3) is 5.56 Å². The van der Waals surface area contributed by atoms with E-state index in [4.69, 9.17) is 11.6 Å². The fourth-order valence-corrected chi connectivity index (χ4v) is 5.74. The summed E-state index contributed by atoms with van der Waals surface area (Å²) in [4.78, 5) is 26.8. The molecular formula is C30H30ClFN6O. The van der Waals surface area contributed by atoms with E-state index in [-0.39, 0.29) is 29.5 Å². The Kier molecular flexibility index (Phi) is 7.65. The lowest BCUT2D eigenvalue weighted by Gasteiger charge is -2.50. The molecule has 5 rings (SSSR count). The van der Waals surface area contributed by atoms with Crippen molar-refractivity contribution in [2.75, 3.05) is 18.0 Å². The Bertz CT molecular complexity index is 1540. The number of benzene rings is 1. The predicted molar refractivity (Wildman–Crippen MR) is 151 cm³/mol. The molecule has 1 aliphatic rings.